The predicted octanol–water partition coefficient (Wildman–Crippen LogP) is 4.61. The summed E-state index contributed by atoms with van der Waals surface area (Å²) in [5, 5.41) is 1.28. The number of nitrogens with one attached hydrogen (secondary N) is 1. The number of esters is 1. The second-order valence-electron chi connectivity index (χ2n) is 7.19. The Morgan fingerprint density at radius 1 is 1.07 bits per heavy atom. The number of aromatic amines is 1. The summed E-state index contributed by atoms with van der Waals surface area (Å²) < 4.78 is 5.19. The van der Waals surface area contributed by atoms with Gasteiger partial charge in [0.15, 0.2) is 0 Å². The van der Waals surface area contributed by atoms with Crippen LogP contribution in [0.25, 0.3) is 22.2 Å². The van der Waals surface area contributed by atoms with E-state index in [-0.39, 0.29) is 11.9 Å². The minimum absolute atomic E-state index is 0.0331. The third-order valence-electron chi connectivity index (χ3n) is 5.47. The van der Waals surface area contributed by atoms with Gasteiger partial charge in [-0.25, -0.2) is 0 Å². The van der Waals surface area contributed by atoms with Crippen LogP contribution < -0.4 is 0 Å². The number of piperidine rings is 1. The van der Waals surface area contributed by atoms with E-state index in [1.54, 1.807) is 0 Å². The maximum absolute atomic E-state index is 12.0. The van der Waals surface area contributed by atoms with Gasteiger partial charge in [-0.3, -0.25) is 9.69 Å². The van der Waals surface area contributed by atoms with Crippen molar-refractivity contribution in [3.63, 3.8) is 0 Å². The molecule has 1 aliphatic rings. The SMILES string of the molecule is CCOC(=O)C1CCN(Cc2c(-c3ccccc3)[nH]c3ccccc23)CC1. The Labute approximate surface area is 160 Å². The summed E-state index contributed by atoms with van der Waals surface area (Å²) in [5.41, 5.74) is 4.92. The van der Waals surface area contributed by atoms with Gasteiger partial charge in [-0.2, -0.15) is 0 Å². The molecule has 3 aromatic rings. The van der Waals surface area contributed by atoms with Crippen molar-refractivity contribution in [2.24, 2.45) is 5.92 Å². The molecular weight excluding hydrogens is 336 g/mol. The summed E-state index contributed by atoms with van der Waals surface area (Å²) in [4.78, 5) is 18.1. The van der Waals surface area contributed by atoms with Crippen LogP contribution in [-0.2, 0) is 16.1 Å². The van der Waals surface area contributed by atoms with Gasteiger partial charge >= 0.3 is 5.97 Å². The average Bonchev–Trinajstić information content (AvgIpc) is 3.08. The van der Waals surface area contributed by atoms with Gasteiger partial charge in [0.25, 0.3) is 0 Å². The monoisotopic (exact) mass is 362 g/mol. The number of nitrogens with zero attached hydrogens (tertiary/aromatic N) is 1. The molecule has 0 saturated carbocycles. The van der Waals surface area contributed by atoms with Gasteiger partial charge in [0.1, 0.15) is 0 Å². The van der Waals surface area contributed by atoms with Crippen molar-refractivity contribution in [1.29, 1.82) is 0 Å². The number of carbonyl (C=O) groups excluding carboxylic acids is 1. The van der Waals surface area contributed by atoms with Gasteiger partial charge in [-0.15, -0.1) is 0 Å². The van der Waals surface area contributed by atoms with Crippen LogP contribution in [0.4, 0.5) is 0 Å². The Hall–Kier alpha value is -2.59. The lowest BCUT2D eigenvalue weighted by Gasteiger charge is -2.31. The predicted molar refractivity (Wildman–Crippen MR) is 108 cm³/mol. The molecule has 0 radical (unpaired) electrons. The Morgan fingerprint density at radius 2 is 1.78 bits per heavy atom. The number of fused-ring (bicyclic) bond motifs is 1. The highest BCUT2D eigenvalue weighted by Crippen LogP contribution is 2.32. The molecule has 2 heterocycles. The molecule has 1 N–H and O–H groups in total. The van der Waals surface area contributed by atoms with Gasteiger partial charge in [-0.1, -0.05) is 48.5 Å². The molecule has 4 heteroatoms. The van der Waals surface area contributed by atoms with Crippen molar-refractivity contribution < 1.29 is 9.53 Å². The van der Waals surface area contributed by atoms with Crippen LogP contribution in [0.1, 0.15) is 25.3 Å². The Balaban J connectivity index is 1.56. The Morgan fingerprint density at radius 3 is 2.52 bits per heavy atom. The zero-order chi connectivity index (χ0) is 18.6. The normalized spacial score (nSPS) is 15.9. The lowest BCUT2D eigenvalue weighted by molar-refractivity contribution is -0.149. The van der Waals surface area contributed by atoms with Gasteiger partial charge in [0, 0.05) is 17.4 Å². The third-order valence-corrected chi connectivity index (χ3v) is 5.47. The first kappa shape index (κ1) is 17.8. The number of carbonyl (C=O) groups is 1. The van der Waals surface area contributed by atoms with Crippen molar-refractivity contribution in [2.45, 2.75) is 26.3 Å². The van der Waals surface area contributed by atoms with Crippen LogP contribution in [0.5, 0.6) is 0 Å². The number of likely N-dealkylation sites (tertiary alicyclic amines) is 1. The number of para-hydroxylation sites is 1. The number of hydrogen-bond donors (Lipinski definition) is 1. The number of hydrogen-bond acceptors (Lipinski definition) is 3. The van der Waals surface area contributed by atoms with Crippen molar-refractivity contribution >= 4 is 16.9 Å². The lowest BCUT2D eigenvalue weighted by atomic mass is 9.96. The number of ether oxygens (including phenoxy) is 1. The standard InChI is InChI=1S/C23H26N2O2/c1-2-27-23(26)18-12-14-25(15-13-18)16-20-19-10-6-7-11-21(19)24-22(20)17-8-4-3-5-9-17/h3-11,18,24H,2,12-16H2,1H3. The van der Waals surface area contributed by atoms with Gasteiger partial charge in [-0.05, 0) is 50.0 Å². The average molecular weight is 362 g/mol. The molecule has 0 spiro atoms. The number of benzene rings is 2. The largest absolute Gasteiger partial charge is 0.466 e. The molecule has 0 atom stereocenters. The zero-order valence-corrected chi connectivity index (χ0v) is 15.8. The van der Waals surface area contributed by atoms with E-state index in [1.807, 2.05) is 13.0 Å². The molecular formula is C23H26N2O2. The van der Waals surface area contributed by atoms with Crippen LogP contribution in [0.2, 0.25) is 0 Å². The summed E-state index contributed by atoms with van der Waals surface area (Å²) >= 11 is 0. The summed E-state index contributed by atoms with van der Waals surface area (Å²) in [5.74, 6) is 0.0204. The Kier molecular flexibility index (Phi) is 5.26. The smallest absolute Gasteiger partial charge is 0.309 e. The lowest BCUT2D eigenvalue weighted by Crippen LogP contribution is -2.36. The molecule has 4 nitrogen and oxygen atoms in total. The molecule has 1 fully saturated rings. The fourth-order valence-electron chi connectivity index (χ4n) is 4.03. The summed E-state index contributed by atoms with van der Waals surface area (Å²) in [6, 6.07) is 19.0. The number of H-pyrrole nitrogens is 1. The van der Waals surface area contributed by atoms with E-state index in [0.717, 1.165) is 32.5 Å². The molecule has 27 heavy (non-hydrogen) atoms. The molecule has 1 aliphatic heterocycles. The van der Waals surface area contributed by atoms with E-state index in [4.69, 9.17) is 4.74 Å². The van der Waals surface area contributed by atoms with Crippen LogP contribution in [-0.4, -0.2) is 35.5 Å². The summed E-state index contributed by atoms with van der Waals surface area (Å²) in [7, 11) is 0. The minimum Gasteiger partial charge on any atom is -0.466 e. The Bertz CT molecular complexity index is 909. The van der Waals surface area contributed by atoms with Crippen LogP contribution >= 0.6 is 0 Å². The molecule has 0 bridgehead atoms. The van der Waals surface area contributed by atoms with E-state index in [1.165, 1.54) is 27.7 Å². The van der Waals surface area contributed by atoms with Crippen LogP contribution in [0.3, 0.4) is 0 Å². The maximum atomic E-state index is 12.0. The maximum Gasteiger partial charge on any atom is 0.309 e. The molecule has 4 rings (SSSR count). The summed E-state index contributed by atoms with van der Waals surface area (Å²) in [6.07, 6.45) is 1.75. The molecule has 140 valence electrons. The second-order valence-corrected chi connectivity index (χ2v) is 7.19. The highest BCUT2D eigenvalue weighted by Gasteiger charge is 2.27. The van der Waals surface area contributed by atoms with Crippen LogP contribution in [0.15, 0.2) is 54.6 Å². The first-order chi connectivity index (χ1) is 13.3. The van der Waals surface area contributed by atoms with E-state index < -0.39 is 0 Å². The number of aromatic nitrogens is 1. The molecule has 0 aliphatic carbocycles. The van der Waals surface area contributed by atoms with E-state index in [0.29, 0.717) is 6.61 Å². The molecule has 2 aromatic carbocycles. The van der Waals surface area contributed by atoms with Gasteiger partial charge in [0.2, 0.25) is 0 Å². The van der Waals surface area contributed by atoms with Crippen LogP contribution in [0, 0.1) is 5.92 Å². The van der Waals surface area contributed by atoms with Crippen molar-refractivity contribution in [1.82, 2.24) is 9.88 Å². The number of rotatable bonds is 5. The highest BCUT2D eigenvalue weighted by atomic mass is 16.5. The second kappa shape index (κ2) is 7.97. The van der Waals surface area contributed by atoms with Crippen molar-refractivity contribution in [3.05, 3.63) is 60.2 Å². The van der Waals surface area contributed by atoms with E-state index >= 15 is 0 Å². The zero-order valence-electron chi connectivity index (χ0n) is 15.8. The third kappa shape index (κ3) is 3.76. The minimum atomic E-state index is -0.0331. The fraction of sp³-hybridized carbons (Fsp3) is 0.348. The molecule has 0 amide bonds. The molecule has 1 aromatic heterocycles. The first-order valence-corrected chi connectivity index (χ1v) is 9.80. The highest BCUT2D eigenvalue weighted by molar-refractivity contribution is 5.90. The molecule has 0 unspecified atom stereocenters. The first-order valence-electron chi connectivity index (χ1n) is 9.80. The van der Waals surface area contributed by atoms with Gasteiger partial charge in [0.05, 0.1) is 18.2 Å². The molecule has 1 saturated heterocycles. The summed E-state index contributed by atoms with van der Waals surface area (Å²) in [6.45, 7) is 5.09. The van der Waals surface area contributed by atoms with Gasteiger partial charge < -0.3 is 9.72 Å². The van der Waals surface area contributed by atoms with Crippen molar-refractivity contribution in [2.75, 3.05) is 19.7 Å². The van der Waals surface area contributed by atoms with Crippen molar-refractivity contribution in [3.8, 4) is 11.3 Å². The fourth-order valence-corrected chi connectivity index (χ4v) is 4.03. The quantitative estimate of drug-likeness (QED) is 0.674. The topological polar surface area (TPSA) is 45.3 Å². The van der Waals surface area contributed by atoms with E-state index in [9.17, 15) is 4.79 Å². The van der Waals surface area contributed by atoms with E-state index in [2.05, 4.69) is 58.4 Å².